The average Bonchev–Trinajstić information content (AvgIpc) is 3.22. The van der Waals surface area contributed by atoms with Crippen LogP contribution in [0, 0.1) is 5.92 Å². The summed E-state index contributed by atoms with van der Waals surface area (Å²) >= 11 is 0. The Hall–Kier alpha value is -0.620. The fourth-order valence-corrected chi connectivity index (χ4v) is 5.42. The maximum absolute atomic E-state index is 12.6. The molecule has 21 heavy (non-hydrogen) atoms. The van der Waals surface area contributed by atoms with E-state index < -0.39 is 9.84 Å². The summed E-state index contributed by atoms with van der Waals surface area (Å²) in [6, 6.07) is 0.842. The highest BCUT2D eigenvalue weighted by Crippen LogP contribution is 2.30. The summed E-state index contributed by atoms with van der Waals surface area (Å²) in [4.78, 5) is 14.6. The number of nitrogens with zero attached hydrogens (tertiary/aromatic N) is 1. The molecule has 120 valence electrons. The van der Waals surface area contributed by atoms with Gasteiger partial charge in [-0.05, 0) is 44.6 Å². The number of carbonyl (C=O) groups is 1. The number of amides is 1. The Kier molecular flexibility index (Phi) is 4.54. The van der Waals surface area contributed by atoms with E-state index in [0.717, 1.165) is 32.4 Å². The summed E-state index contributed by atoms with van der Waals surface area (Å²) in [5.74, 6) is 0.687. The molecule has 2 saturated heterocycles. The monoisotopic (exact) mass is 314 g/mol. The van der Waals surface area contributed by atoms with Gasteiger partial charge in [0.2, 0.25) is 5.91 Å². The van der Waals surface area contributed by atoms with Crippen molar-refractivity contribution >= 4 is 15.7 Å². The minimum atomic E-state index is -2.88. The van der Waals surface area contributed by atoms with Crippen LogP contribution in [0.5, 0.6) is 0 Å². The fraction of sp³-hybridized carbons (Fsp3) is 0.933. The number of carbonyl (C=O) groups excluding carboxylic acids is 1. The Bertz CT molecular complexity index is 481. The third kappa shape index (κ3) is 4.19. The van der Waals surface area contributed by atoms with Gasteiger partial charge in [-0.3, -0.25) is 4.79 Å². The van der Waals surface area contributed by atoms with Gasteiger partial charge in [-0.2, -0.15) is 0 Å². The van der Waals surface area contributed by atoms with E-state index >= 15 is 0 Å². The van der Waals surface area contributed by atoms with Crippen LogP contribution >= 0.6 is 0 Å². The smallest absolute Gasteiger partial charge is 0.223 e. The maximum atomic E-state index is 12.6. The van der Waals surface area contributed by atoms with Gasteiger partial charge in [0, 0.05) is 25.0 Å². The lowest BCUT2D eigenvalue weighted by molar-refractivity contribution is -0.133. The molecule has 1 saturated carbocycles. The van der Waals surface area contributed by atoms with E-state index in [1.165, 1.54) is 12.8 Å². The van der Waals surface area contributed by atoms with Crippen LogP contribution in [0.25, 0.3) is 0 Å². The van der Waals surface area contributed by atoms with Crippen LogP contribution in [0.4, 0.5) is 0 Å². The molecule has 1 amide bonds. The zero-order chi connectivity index (χ0) is 14.9. The summed E-state index contributed by atoms with van der Waals surface area (Å²) in [5, 5.41) is 3.50. The van der Waals surface area contributed by atoms with Crippen molar-refractivity contribution < 1.29 is 13.2 Å². The molecule has 3 rings (SSSR count). The molecular formula is C15H26N2O3S. The molecule has 0 aromatic rings. The van der Waals surface area contributed by atoms with E-state index in [4.69, 9.17) is 0 Å². The number of piperidine rings is 1. The molecule has 2 unspecified atom stereocenters. The summed E-state index contributed by atoms with van der Waals surface area (Å²) in [7, 11) is -2.88. The van der Waals surface area contributed by atoms with Crippen LogP contribution in [0.2, 0.25) is 0 Å². The maximum Gasteiger partial charge on any atom is 0.223 e. The van der Waals surface area contributed by atoms with Crippen LogP contribution in [-0.2, 0) is 14.6 Å². The first-order valence-electron chi connectivity index (χ1n) is 8.27. The molecule has 0 radical (unpaired) electrons. The second kappa shape index (κ2) is 6.24. The Labute approximate surface area is 127 Å². The summed E-state index contributed by atoms with van der Waals surface area (Å²) in [6.07, 6.45) is 6.92. The Morgan fingerprint density at radius 3 is 2.52 bits per heavy atom. The third-order valence-corrected chi connectivity index (χ3v) is 6.76. The quantitative estimate of drug-likeness (QED) is 0.820. The lowest BCUT2D eigenvalue weighted by atomic mass is 10.0. The third-order valence-electron chi connectivity index (χ3n) is 4.93. The molecule has 3 fully saturated rings. The Balaban J connectivity index is 1.54. The van der Waals surface area contributed by atoms with Crippen LogP contribution < -0.4 is 5.32 Å². The highest BCUT2D eigenvalue weighted by Gasteiger charge is 2.37. The lowest BCUT2D eigenvalue weighted by Crippen LogP contribution is -2.47. The molecular weight excluding hydrogens is 288 g/mol. The van der Waals surface area contributed by atoms with Gasteiger partial charge in [0.25, 0.3) is 0 Å². The van der Waals surface area contributed by atoms with E-state index in [-0.39, 0.29) is 23.3 Å². The molecule has 0 spiro atoms. The van der Waals surface area contributed by atoms with Crippen LogP contribution in [0.3, 0.4) is 0 Å². The van der Waals surface area contributed by atoms with Gasteiger partial charge in [0.15, 0.2) is 9.84 Å². The number of hydrogen-bond donors (Lipinski definition) is 1. The molecule has 3 aliphatic rings. The summed E-state index contributed by atoms with van der Waals surface area (Å²) < 4.78 is 23.0. The Morgan fingerprint density at radius 2 is 1.95 bits per heavy atom. The second-order valence-electron chi connectivity index (χ2n) is 6.90. The molecule has 1 N–H and O–H groups in total. The number of sulfone groups is 1. The molecule has 0 aromatic heterocycles. The van der Waals surface area contributed by atoms with E-state index in [9.17, 15) is 13.2 Å². The highest BCUT2D eigenvalue weighted by atomic mass is 32.2. The molecule has 0 bridgehead atoms. The van der Waals surface area contributed by atoms with E-state index in [1.807, 2.05) is 4.90 Å². The van der Waals surface area contributed by atoms with Gasteiger partial charge in [-0.1, -0.05) is 6.42 Å². The minimum Gasteiger partial charge on any atom is -0.338 e. The molecule has 6 heteroatoms. The van der Waals surface area contributed by atoms with Crippen molar-refractivity contribution in [1.82, 2.24) is 10.2 Å². The molecule has 2 heterocycles. The van der Waals surface area contributed by atoms with E-state index in [1.54, 1.807) is 0 Å². The minimum absolute atomic E-state index is 0.0445. The van der Waals surface area contributed by atoms with Crippen LogP contribution in [-0.4, -0.2) is 55.9 Å². The first-order valence-corrected chi connectivity index (χ1v) is 10.1. The fourth-order valence-electron chi connectivity index (χ4n) is 3.56. The first-order chi connectivity index (χ1) is 10.0. The van der Waals surface area contributed by atoms with E-state index in [0.29, 0.717) is 24.9 Å². The predicted octanol–water partition coefficient (Wildman–Crippen LogP) is 0.944. The van der Waals surface area contributed by atoms with Gasteiger partial charge in [0.1, 0.15) is 0 Å². The van der Waals surface area contributed by atoms with Gasteiger partial charge in [0.05, 0.1) is 11.5 Å². The predicted molar refractivity (Wildman–Crippen MR) is 81.8 cm³/mol. The van der Waals surface area contributed by atoms with Gasteiger partial charge < -0.3 is 10.2 Å². The van der Waals surface area contributed by atoms with Crippen LogP contribution in [0.1, 0.15) is 44.9 Å². The summed E-state index contributed by atoms with van der Waals surface area (Å²) in [6.45, 7) is 1.86. The van der Waals surface area contributed by atoms with Gasteiger partial charge in [-0.25, -0.2) is 8.42 Å². The van der Waals surface area contributed by atoms with Crippen molar-refractivity contribution in [2.24, 2.45) is 5.92 Å². The SMILES string of the molecule is O=C(CC1CCS(=O)(=O)C1)N(CC1CCCCN1)C1CC1. The highest BCUT2D eigenvalue weighted by molar-refractivity contribution is 7.91. The summed E-state index contributed by atoms with van der Waals surface area (Å²) in [5.41, 5.74) is 0. The molecule has 5 nitrogen and oxygen atoms in total. The lowest BCUT2D eigenvalue weighted by Gasteiger charge is -2.31. The van der Waals surface area contributed by atoms with Crippen molar-refractivity contribution in [3.8, 4) is 0 Å². The molecule has 2 atom stereocenters. The number of rotatable bonds is 5. The largest absolute Gasteiger partial charge is 0.338 e. The van der Waals surface area contributed by atoms with Gasteiger partial charge >= 0.3 is 0 Å². The van der Waals surface area contributed by atoms with Crippen LogP contribution in [0.15, 0.2) is 0 Å². The van der Waals surface area contributed by atoms with Crippen molar-refractivity contribution in [3.05, 3.63) is 0 Å². The number of nitrogens with one attached hydrogen (secondary N) is 1. The molecule has 2 aliphatic heterocycles. The molecule has 1 aliphatic carbocycles. The average molecular weight is 314 g/mol. The van der Waals surface area contributed by atoms with E-state index in [2.05, 4.69) is 5.32 Å². The zero-order valence-electron chi connectivity index (χ0n) is 12.6. The van der Waals surface area contributed by atoms with Crippen molar-refractivity contribution in [3.63, 3.8) is 0 Å². The zero-order valence-corrected chi connectivity index (χ0v) is 13.4. The second-order valence-corrected chi connectivity index (χ2v) is 9.13. The first kappa shape index (κ1) is 15.3. The van der Waals surface area contributed by atoms with Crippen molar-refractivity contribution in [2.75, 3.05) is 24.6 Å². The van der Waals surface area contributed by atoms with Crippen molar-refractivity contribution in [1.29, 1.82) is 0 Å². The normalized spacial score (nSPS) is 32.0. The van der Waals surface area contributed by atoms with Crippen molar-refractivity contribution in [2.45, 2.75) is 57.0 Å². The van der Waals surface area contributed by atoms with Gasteiger partial charge in [-0.15, -0.1) is 0 Å². The standard InChI is InChI=1S/C15H26N2O3S/c18-15(9-12-6-8-21(19,20)11-12)17(14-4-5-14)10-13-3-1-2-7-16-13/h12-14,16H,1-11H2. The Morgan fingerprint density at radius 1 is 1.14 bits per heavy atom. The molecule has 0 aromatic carbocycles. The topological polar surface area (TPSA) is 66.5 Å². The number of hydrogen-bond acceptors (Lipinski definition) is 4.